The van der Waals surface area contributed by atoms with Crippen LogP contribution in [-0.4, -0.2) is 253 Å². The summed E-state index contributed by atoms with van der Waals surface area (Å²) in [7, 11) is 12.2. The Morgan fingerprint density at radius 1 is 0.423 bits per heavy atom. The van der Waals surface area contributed by atoms with Gasteiger partial charge >= 0.3 is 18.3 Å². The fourth-order valence-electron chi connectivity index (χ4n) is 11.6. The molecule has 10 heterocycles. The molecular weight excluding hydrogens is 1750 g/mol. The van der Waals surface area contributed by atoms with E-state index in [2.05, 4.69) is 133 Å². The van der Waals surface area contributed by atoms with Crippen LogP contribution >= 0.6 is 34.8 Å². The Balaban J connectivity index is 0.000000190. The number of aromatic hydroxyl groups is 1. The van der Waals surface area contributed by atoms with E-state index in [0.717, 1.165) is 121 Å². The number of aliphatic imine (C=N–C) groups is 1. The van der Waals surface area contributed by atoms with Crippen molar-refractivity contribution in [3.63, 3.8) is 0 Å². The van der Waals surface area contributed by atoms with Crippen LogP contribution in [0, 0.1) is 30.3 Å². The molecule has 4 aliphatic rings. The Morgan fingerprint density at radius 2 is 0.785 bits per heavy atom. The molecule has 5 aromatic carbocycles. The van der Waals surface area contributed by atoms with Gasteiger partial charge in [-0.2, -0.15) is 19.9 Å². The van der Waals surface area contributed by atoms with E-state index in [0.29, 0.717) is 68.0 Å². The molecule has 0 bridgehead atoms. The fraction of sp³-hybridized carbons (Fsp3) is 0.286. The van der Waals surface area contributed by atoms with Crippen LogP contribution < -0.4 is 78.3 Å². The van der Waals surface area contributed by atoms with Gasteiger partial charge < -0.3 is 112 Å². The third-order valence-electron chi connectivity index (χ3n) is 18.6. The lowest BCUT2D eigenvalue weighted by atomic mass is 10.2. The van der Waals surface area contributed by atoms with Gasteiger partial charge in [-0.05, 0) is 132 Å². The number of carbonyl (C=O) groups is 3. The number of halogens is 3. The number of nitrogen functional groups attached to an aromatic ring is 5. The van der Waals surface area contributed by atoms with E-state index in [-0.39, 0.29) is 62.5 Å². The van der Waals surface area contributed by atoms with Gasteiger partial charge in [-0.3, -0.25) is 41.0 Å². The molecule has 4 aliphatic heterocycles. The number of phenolic OH excluding ortho intramolecular Hbond substituents is 1. The SMILES string of the molecule is CN1CCN(c2cccc(Oc3ccc(N)c(N)c3)n2)CC1.CN1CCN(c2cccc(Oc3ccc(N)c([N+](=O)[O-])c3)n2)CC1.CN1CCNCC1.COC(=O)N=C(C)NC(=O)OC.COC(=O)Nc1nc2ccc(Oc3cccc(N4CCN(C)CC4)n3)cc2[nH]1.Clc1cccc(Cl)n1.Nc1ccc(O)cc1[N+](=O)[O-].Nc1ccc(Oc2cccc(Cl)n2)cc1[N+](=O)[O-]. The molecular formula is C84H101Cl3N26O17. The van der Waals surface area contributed by atoms with Gasteiger partial charge in [0.15, 0.2) is 0 Å². The standard InChI is InChI=1S/C19H22N6O3.C16H19N5O3.C16H21N5O.C11H8ClN3O3.C6H10N2O4.C6H6N2O3.C5H3Cl2N.C5H12N2/c1-24-8-10-25(11-9-24)16-4-3-5-17(22-16)28-13-6-7-14-15(12-13)21-18(20-14)23-19(26)27-2;1-19-7-9-20(10-8-19)15-3-2-4-16(18-15)24-12-5-6-13(17)14(11-12)21(22)23;1-20-7-9-21(10-8-20)15-3-2-4-16(19-15)22-12-5-6-13(17)14(18)11-12;12-10-2-1-3-11(14-10)18-7-4-5-8(13)9(6-7)15(16)17;1-4(7-5(9)11-2)8-6(10)12-3;7-5-2-1-4(9)3-6(5)8(10)11;6-4-2-1-3-5(7)8-4;1-7-4-2-6-3-5-7/h3-7,12H,8-11H2,1-2H3,(H2,20,21,23,26);2-6,11H,7-10,17H2,1H3;2-6,11H,7-10,17-18H2,1H3;1-6H,13H2;1-3H3,(H,7,8,9,10);1-3,9H,7H2;1-3H;6H,2-5H2,1H3. The maximum Gasteiger partial charge on any atom is 0.434 e. The third-order valence-corrected chi connectivity index (χ3v) is 19.3. The summed E-state index contributed by atoms with van der Waals surface area (Å²) in [4.78, 5) is 110. The van der Waals surface area contributed by atoms with E-state index in [1.54, 1.807) is 66.7 Å². The zero-order valence-corrected chi connectivity index (χ0v) is 74.5. The number of nitrogens with one attached hydrogen (secondary N) is 4. The first-order valence-electron chi connectivity index (χ1n) is 39.7. The molecule has 0 saturated carbocycles. The number of aromatic nitrogens is 7. The summed E-state index contributed by atoms with van der Waals surface area (Å²) in [6.07, 6.45) is -2.04. The Morgan fingerprint density at radius 3 is 1.15 bits per heavy atom. The van der Waals surface area contributed by atoms with Crippen LogP contribution in [0.2, 0.25) is 15.5 Å². The Bertz CT molecular complexity index is 5590. The molecule has 130 heavy (non-hydrogen) atoms. The minimum absolute atomic E-state index is 0.0489. The number of nitrogens with two attached hydrogens (primary N) is 5. The number of aromatic amines is 1. The summed E-state index contributed by atoms with van der Waals surface area (Å²) >= 11 is 16.6. The number of carbonyl (C=O) groups excluding carboxylic acids is 3. The molecule has 0 atom stereocenters. The van der Waals surface area contributed by atoms with Gasteiger partial charge in [0.1, 0.15) is 84.6 Å². The first-order valence-corrected chi connectivity index (χ1v) is 40.9. The van der Waals surface area contributed by atoms with Crippen LogP contribution in [0.1, 0.15) is 6.92 Å². The van der Waals surface area contributed by atoms with Gasteiger partial charge in [0.05, 0.1) is 76.7 Å². The number of H-pyrrole nitrogens is 1. The highest BCUT2D eigenvalue weighted by Crippen LogP contribution is 2.34. The van der Waals surface area contributed by atoms with Gasteiger partial charge in [0, 0.05) is 141 Å². The number of rotatable bonds is 15. The lowest BCUT2D eigenvalue weighted by molar-refractivity contribution is -0.384. The number of ether oxygens (including phenoxy) is 7. The van der Waals surface area contributed by atoms with Crippen molar-refractivity contribution in [2.24, 2.45) is 4.99 Å². The maximum absolute atomic E-state index is 11.3. The first kappa shape index (κ1) is 101. The molecule has 46 heteroatoms. The largest absolute Gasteiger partial charge is 0.508 e. The average molecular weight is 1850 g/mol. The monoisotopic (exact) mass is 1850 g/mol. The van der Waals surface area contributed by atoms with E-state index in [9.17, 15) is 44.7 Å². The van der Waals surface area contributed by atoms with Crippen molar-refractivity contribution in [2.75, 3.05) is 203 Å². The van der Waals surface area contributed by atoms with Gasteiger partial charge in [-0.1, -0.05) is 65.1 Å². The Labute approximate surface area is 762 Å². The number of alkyl carbamates (subject to hydrolysis) is 1. The summed E-state index contributed by atoms with van der Waals surface area (Å²) in [6.45, 7) is 17.9. The number of nitrogens with zero attached hydrogens (tertiary/aromatic N) is 17. The van der Waals surface area contributed by atoms with Crippen molar-refractivity contribution in [1.29, 1.82) is 0 Å². The zero-order chi connectivity index (χ0) is 94.3. The second-order valence-corrected chi connectivity index (χ2v) is 29.5. The molecule has 11 aromatic rings. The molecule has 3 amide bonds. The van der Waals surface area contributed by atoms with Crippen molar-refractivity contribution in [3.05, 3.63) is 228 Å². The molecule has 15 N–H and O–H groups in total. The molecule has 0 spiro atoms. The smallest absolute Gasteiger partial charge is 0.434 e. The number of pyridine rings is 5. The number of hydrogen-bond acceptors (Lipinski definition) is 36. The summed E-state index contributed by atoms with van der Waals surface area (Å²) in [6, 6.07) is 49.8. The number of imidazole rings is 1. The van der Waals surface area contributed by atoms with Gasteiger partial charge in [-0.15, -0.1) is 0 Å². The number of likely N-dealkylation sites (N-methyl/N-ethyl adjacent to an activating group) is 4. The van der Waals surface area contributed by atoms with Gasteiger partial charge in [0.2, 0.25) is 29.5 Å². The second-order valence-electron chi connectivity index (χ2n) is 28.3. The molecule has 4 saturated heterocycles. The number of anilines is 9. The number of nitro benzene ring substituents is 3. The molecule has 4 fully saturated rings. The summed E-state index contributed by atoms with van der Waals surface area (Å²) in [5, 5.41) is 49.8. The maximum atomic E-state index is 11.3. The van der Waals surface area contributed by atoms with E-state index in [1.165, 1.54) is 83.8 Å². The van der Waals surface area contributed by atoms with Crippen molar-refractivity contribution in [2.45, 2.75) is 6.92 Å². The first-order chi connectivity index (χ1) is 62.2. The molecule has 0 aliphatic carbocycles. The van der Waals surface area contributed by atoms with E-state index >= 15 is 0 Å². The summed E-state index contributed by atoms with van der Waals surface area (Å²) in [5.41, 5.74) is 29.9. The summed E-state index contributed by atoms with van der Waals surface area (Å²) < 4.78 is 35.8. The van der Waals surface area contributed by atoms with Crippen LogP contribution in [0.5, 0.6) is 52.3 Å². The van der Waals surface area contributed by atoms with E-state index in [4.69, 9.17) is 87.5 Å². The van der Waals surface area contributed by atoms with Crippen LogP contribution in [0.3, 0.4) is 0 Å². The Hall–Kier alpha value is -14.7. The van der Waals surface area contributed by atoms with Crippen LogP contribution in [0.4, 0.5) is 83.3 Å². The quantitative estimate of drug-likeness (QED) is 0.00666. The Kier molecular flexibility index (Phi) is 39.6. The molecule has 0 unspecified atom stereocenters. The van der Waals surface area contributed by atoms with E-state index < -0.39 is 33.0 Å². The highest BCUT2D eigenvalue weighted by atomic mass is 35.5. The average Bonchev–Trinajstić information content (AvgIpc) is 1.65. The zero-order valence-electron chi connectivity index (χ0n) is 72.2. The number of amidine groups is 1. The van der Waals surface area contributed by atoms with E-state index in [1.807, 2.05) is 66.7 Å². The topological polar surface area (TPSA) is 560 Å². The molecule has 43 nitrogen and oxygen atoms in total. The molecule has 15 rings (SSSR count). The number of fused-ring (bicyclic) bond motifs is 1. The van der Waals surface area contributed by atoms with Crippen molar-refractivity contribution < 1.29 is 67.4 Å². The number of phenols is 1. The number of amides is 3. The summed E-state index contributed by atoms with van der Waals surface area (Å²) in [5.74, 6) is 6.56. The lowest BCUT2D eigenvalue weighted by Gasteiger charge is -2.33. The van der Waals surface area contributed by atoms with Crippen molar-refractivity contribution in [1.82, 2.24) is 65.1 Å². The molecule has 6 aromatic heterocycles. The van der Waals surface area contributed by atoms with Crippen molar-refractivity contribution >= 4 is 139 Å². The number of nitro groups is 3. The van der Waals surface area contributed by atoms with Gasteiger partial charge in [-0.25, -0.2) is 29.3 Å². The number of benzene rings is 5. The van der Waals surface area contributed by atoms with Crippen LogP contribution in [-0.2, 0) is 14.2 Å². The normalized spacial score (nSPS) is 13.8. The lowest BCUT2D eigenvalue weighted by Crippen LogP contribution is -2.44. The predicted octanol–water partition coefficient (Wildman–Crippen LogP) is 12.9. The number of methoxy groups -OCH3 is 3. The highest BCUT2D eigenvalue weighted by Gasteiger charge is 2.22. The second kappa shape index (κ2) is 51.2. The molecule has 690 valence electrons. The van der Waals surface area contributed by atoms with Crippen molar-refractivity contribution in [3.8, 4) is 52.3 Å². The molecule has 0 radical (unpaired) electrons. The van der Waals surface area contributed by atoms with Gasteiger partial charge in [0.25, 0.3) is 17.1 Å². The third kappa shape index (κ3) is 34.2. The predicted molar refractivity (Wildman–Crippen MR) is 499 cm³/mol. The number of piperazine rings is 4. The highest BCUT2D eigenvalue weighted by molar-refractivity contribution is 6.32. The fourth-order valence-corrected chi connectivity index (χ4v) is 12.1. The number of hydrogen-bond donors (Lipinski definition) is 10. The van der Waals surface area contributed by atoms with Crippen LogP contribution in [0.15, 0.2) is 187 Å². The van der Waals surface area contributed by atoms with Crippen LogP contribution in [0.25, 0.3) is 11.0 Å². The minimum atomic E-state index is -0.774. The minimum Gasteiger partial charge on any atom is -0.508 e.